The van der Waals surface area contributed by atoms with E-state index in [9.17, 15) is 4.39 Å². The smallest absolute Gasteiger partial charge is 0.137 e. The summed E-state index contributed by atoms with van der Waals surface area (Å²) in [4.78, 5) is 0. The SMILES string of the molecule is CC(NC1CCCCCC1)c1ccc(F)c(Br)c1. The fourth-order valence-electron chi connectivity index (χ4n) is 2.68. The fraction of sp³-hybridized carbons (Fsp3) is 0.600. The summed E-state index contributed by atoms with van der Waals surface area (Å²) < 4.78 is 13.8. The molecule has 1 aliphatic rings. The van der Waals surface area contributed by atoms with Gasteiger partial charge in [-0.1, -0.05) is 31.7 Å². The van der Waals surface area contributed by atoms with E-state index >= 15 is 0 Å². The van der Waals surface area contributed by atoms with Crippen LogP contribution in [0.2, 0.25) is 0 Å². The van der Waals surface area contributed by atoms with Gasteiger partial charge in [0.15, 0.2) is 0 Å². The van der Waals surface area contributed by atoms with Crippen LogP contribution in [0.3, 0.4) is 0 Å². The molecule has 0 saturated heterocycles. The lowest BCUT2D eigenvalue weighted by molar-refractivity contribution is 0.414. The van der Waals surface area contributed by atoms with E-state index in [0.717, 1.165) is 5.56 Å². The van der Waals surface area contributed by atoms with Crippen LogP contribution in [0, 0.1) is 5.82 Å². The molecule has 0 aliphatic heterocycles. The second-order valence-electron chi connectivity index (χ2n) is 5.25. The summed E-state index contributed by atoms with van der Waals surface area (Å²) in [5.74, 6) is -0.194. The predicted octanol–water partition coefficient (Wildman–Crippen LogP) is 4.96. The van der Waals surface area contributed by atoms with Crippen LogP contribution >= 0.6 is 15.9 Å². The summed E-state index contributed by atoms with van der Waals surface area (Å²) in [6.45, 7) is 2.16. The lowest BCUT2D eigenvalue weighted by Crippen LogP contribution is -2.31. The maximum Gasteiger partial charge on any atom is 0.137 e. The van der Waals surface area contributed by atoms with E-state index < -0.39 is 0 Å². The molecule has 1 fully saturated rings. The van der Waals surface area contributed by atoms with Crippen molar-refractivity contribution >= 4 is 15.9 Å². The maximum absolute atomic E-state index is 13.2. The minimum absolute atomic E-state index is 0.194. The maximum atomic E-state index is 13.2. The van der Waals surface area contributed by atoms with Crippen LogP contribution < -0.4 is 5.32 Å². The number of halogens is 2. The van der Waals surface area contributed by atoms with Crippen molar-refractivity contribution in [3.05, 3.63) is 34.1 Å². The molecule has 100 valence electrons. The molecule has 1 saturated carbocycles. The molecule has 1 aliphatic carbocycles. The largest absolute Gasteiger partial charge is 0.307 e. The molecule has 1 aromatic rings. The first-order chi connectivity index (χ1) is 8.66. The Bertz CT molecular complexity index is 386. The van der Waals surface area contributed by atoms with Gasteiger partial charge in [-0.2, -0.15) is 0 Å². The topological polar surface area (TPSA) is 12.0 Å². The summed E-state index contributed by atoms with van der Waals surface area (Å²) in [6.07, 6.45) is 7.94. The lowest BCUT2D eigenvalue weighted by atomic mass is 10.0. The first kappa shape index (κ1) is 14.0. The number of hydrogen-bond donors (Lipinski definition) is 1. The third-order valence-electron chi connectivity index (χ3n) is 3.78. The number of rotatable bonds is 3. The molecule has 1 N–H and O–H groups in total. The molecule has 1 aromatic carbocycles. The van der Waals surface area contributed by atoms with Gasteiger partial charge in [0.2, 0.25) is 0 Å². The molecule has 3 heteroatoms. The van der Waals surface area contributed by atoms with Gasteiger partial charge in [-0.3, -0.25) is 0 Å². The highest BCUT2D eigenvalue weighted by molar-refractivity contribution is 9.10. The van der Waals surface area contributed by atoms with E-state index in [-0.39, 0.29) is 11.9 Å². The summed E-state index contributed by atoms with van der Waals surface area (Å²) >= 11 is 3.25. The Balaban J connectivity index is 1.97. The van der Waals surface area contributed by atoms with Crippen molar-refractivity contribution in [2.75, 3.05) is 0 Å². The molecule has 0 aromatic heterocycles. The summed E-state index contributed by atoms with van der Waals surface area (Å²) in [5.41, 5.74) is 1.15. The van der Waals surface area contributed by atoms with Gasteiger partial charge in [-0.15, -0.1) is 0 Å². The van der Waals surface area contributed by atoms with Crippen molar-refractivity contribution in [2.24, 2.45) is 0 Å². The highest BCUT2D eigenvalue weighted by atomic mass is 79.9. The highest BCUT2D eigenvalue weighted by Crippen LogP contribution is 2.24. The van der Waals surface area contributed by atoms with Crippen LogP contribution in [-0.4, -0.2) is 6.04 Å². The van der Waals surface area contributed by atoms with Gasteiger partial charge in [0.25, 0.3) is 0 Å². The predicted molar refractivity (Wildman–Crippen MR) is 77.1 cm³/mol. The van der Waals surface area contributed by atoms with E-state index in [0.29, 0.717) is 10.5 Å². The molecule has 0 spiro atoms. The molecule has 1 nitrogen and oxygen atoms in total. The van der Waals surface area contributed by atoms with E-state index in [1.165, 1.54) is 44.6 Å². The molecular formula is C15H21BrFN. The quantitative estimate of drug-likeness (QED) is 0.777. The van der Waals surface area contributed by atoms with Crippen LogP contribution in [0.1, 0.15) is 57.1 Å². The van der Waals surface area contributed by atoms with Crippen molar-refractivity contribution < 1.29 is 4.39 Å². The molecule has 0 radical (unpaired) electrons. The zero-order valence-corrected chi connectivity index (χ0v) is 12.5. The molecular weight excluding hydrogens is 293 g/mol. The van der Waals surface area contributed by atoms with Crippen molar-refractivity contribution in [1.82, 2.24) is 5.32 Å². The van der Waals surface area contributed by atoms with Gasteiger partial charge in [-0.05, 0) is 53.4 Å². The summed E-state index contributed by atoms with van der Waals surface area (Å²) in [6, 6.07) is 6.18. The van der Waals surface area contributed by atoms with Crippen LogP contribution in [0.4, 0.5) is 4.39 Å². The van der Waals surface area contributed by atoms with E-state index in [1.54, 1.807) is 0 Å². The summed E-state index contributed by atoms with van der Waals surface area (Å²) in [5, 5.41) is 3.68. The van der Waals surface area contributed by atoms with E-state index in [2.05, 4.69) is 28.2 Å². The Hall–Kier alpha value is -0.410. The molecule has 1 unspecified atom stereocenters. The molecule has 0 heterocycles. The lowest BCUT2D eigenvalue weighted by Gasteiger charge is -2.22. The Labute approximate surface area is 117 Å². The molecule has 0 bridgehead atoms. The number of benzene rings is 1. The van der Waals surface area contributed by atoms with Crippen LogP contribution in [-0.2, 0) is 0 Å². The van der Waals surface area contributed by atoms with Gasteiger partial charge in [0, 0.05) is 12.1 Å². The molecule has 0 amide bonds. The van der Waals surface area contributed by atoms with Gasteiger partial charge in [-0.25, -0.2) is 4.39 Å². The average molecular weight is 314 g/mol. The minimum Gasteiger partial charge on any atom is -0.307 e. The Morgan fingerprint density at radius 3 is 2.50 bits per heavy atom. The van der Waals surface area contributed by atoms with Gasteiger partial charge >= 0.3 is 0 Å². The normalized spacial score (nSPS) is 19.5. The third-order valence-corrected chi connectivity index (χ3v) is 4.39. The Morgan fingerprint density at radius 1 is 1.22 bits per heavy atom. The van der Waals surface area contributed by atoms with E-state index in [4.69, 9.17) is 0 Å². The third kappa shape index (κ3) is 3.79. The Kier molecular flexibility index (Phi) is 5.19. The van der Waals surface area contributed by atoms with Crippen molar-refractivity contribution in [1.29, 1.82) is 0 Å². The van der Waals surface area contributed by atoms with Crippen LogP contribution in [0.25, 0.3) is 0 Å². The van der Waals surface area contributed by atoms with Crippen molar-refractivity contribution in [3.63, 3.8) is 0 Å². The first-order valence-electron chi connectivity index (χ1n) is 6.88. The standard InChI is InChI=1S/C15H21BrFN/c1-11(12-8-9-15(17)14(16)10-12)18-13-6-4-2-3-5-7-13/h8-11,13,18H,2-7H2,1H3. The number of nitrogens with one attached hydrogen (secondary N) is 1. The average Bonchev–Trinajstić information content (AvgIpc) is 2.61. The molecule has 2 rings (SSSR count). The monoisotopic (exact) mass is 313 g/mol. The van der Waals surface area contributed by atoms with Crippen molar-refractivity contribution in [3.8, 4) is 0 Å². The molecule has 18 heavy (non-hydrogen) atoms. The highest BCUT2D eigenvalue weighted by Gasteiger charge is 2.15. The second kappa shape index (κ2) is 6.67. The van der Waals surface area contributed by atoms with Crippen LogP contribution in [0.5, 0.6) is 0 Å². The summed E-state index contributed by atoms with van der Waals surface area (Å²) in [7, 11) is 0. The van der Waals surface area contributed by atoms with Crippen LogP contribution in [0.15, 0.2) is 22.7 Å². The Morgan fingerprint density at radius 2 is 1.89 bits per heavy atom. The molecule has 1 atom stereocenters. The minimum atomic E-state index is -0.194. The van der Waals surface area contributed by atoms with Gasteiger partial charge in [0.1, 0.15) is 5.82 Å². The fourth-order valence-corrected chi connectivity index (χ4v) is 3.07. The van der Waals surface area contributed by atoms with Crippen molar-refractivity contribution in [2.45, 2.75) is 57.5 Å². The number of hydrogen-bond acceptors (Lipinski definition) is 1. The van der Waals surface area contributed by atoms with Gasteiger partial charge in [0.05, 0.1) is 4.47 Å². The van der Waals surface area contributed by atoms with Gasteiger partial charge < -0.3 is 5.32 Å². The van der Waals surface area contributed by atoms with E-state index in [1.807, 2.05) is 12.1 Å². The zero-order chi connectivity index (χ0) is 13.0. The zero-order valence-electron chi connectivity index (χ0n) is 10.9. The second-order valence-corrected chi connectivity index (χ2v) is 6.10. The first-order valence-corrected chi connectivity index (χ1v) is 7.67.